The van der Waals surface area contributed by atoms with Crippen LogP contribution in [0.3, 0.4) is 0 Å². The number of fused-ring (bicyclic) bond motifs is 1. The van der Waals surface area contributed by atoms with Gasteiger partial charge in [0, 0.05) is 18.2 Å². The first-order valence-corrected chi connectivity index (χ1v) is 6.68. The largest absolute Gasteiger partial charge is 0.496 e. The molecule has 21 heavy (non-hydrogen) atoms. The third-order valence-electron chi connectivity index (χ3n) is 3.31. The van der Waals surface area contributed by atoms with Gasteiger partial charge >= 0.3 is 0 Å². The summed E-state index contributed by atoms with van der Waals surface area (Å²) in [5, 5.41) is 0. The van der Waals surface area contributed by atoms with E-state index in [2.05, 4.69) is 0 Å². The molecule has 0 saturated heterocycles. The van der Waals surface area contributed by atoms with E-state index >= 15 is 0 Å². The summed E-state index contributed by atoms with van der Waals surface area (Å²) in [5.41, 5.74) is 7.71. The molecule has 0 fully saturated rings. The molecule has 5 heteroatoms. The summed E-state index contributed by atoms with van der Waals surface area (Å²) in [4.78, 5) is 0. The molecule has 0 amide bonds. The molecule has 2 aromatic rings. The Morgan fingerprint density at radius 2 is 1.95 bits per heavy atom. The Hall–Kier alpha value is -2.40. The third kappa shape index (κ3) is 2.87. The minimum Gasteiger partial charge on any atom is -0.496 e. The minimum atomic E-state index is 0.261. The summed E-state index contributed by atoms with van der Waals surface area (Å²) in [6.07, 6.45) is 0. The van der Waals surface area contributed by atoms with Crippen molar-refractivity contribution in [1.29, 1.82) is 0 Å². The van der Waals surface area contributed by atoms with E-state index in [1.54, 1.807) is 7.11 Å². The zero-order valence-electron chi connectivity index (χ0n) is 11.8. The van der Waals surface area contributed by atoms with E-state index in [-0.39, 0.29) is 6.79 Å². The van der Waals surface area contributed by atoms with Gasteiger partial charge in [-0.15, -0.1) is 0 Å². The van der Waals surface area contributed by atoms with Crippen LogP contribution in [0.1, 0.15) is 11.1 Å². The molecule has 0 radical (unpaired) electrons. The molecule has 110 valence electrons. The first-order chi connectivity index (χ1) is 10.3. The standard InChI is InChI=1S/C16H17NO4/c1-18-14-4-2-11(6-12(14)8-17)9-19-13-3-5-15-16(7-13)21-10-20-15/h2-7H,8-10,17H2,1H3. The third-order valence-corrected chi connectivity index (χ3v) is 3.31. The van der Waals surface area contributed by atoms with Crippen LogP contribution in [0.5, 0.6) is 23.0 Å². The Kier molecular flexibility index (Phi) is 3.83. The van der Waals surface area contributed by atoms with Crippen LogP contribution in [-0.2, 0) is 13.2 Å². The molecule has 0 spiro atoms. The van der Waals surface area contributed by atoms with E-state index < -0.39 is 0 Å². The Morgan fingerprint density at radius 3 is 2.76 bits per heavy atom. The van der Waals surface area contributed by atoms with E-state index in [0.717, 1.165) is 28.4 Å². The maximum atomic E-state index is 5.77. The monoisotopic (exact) mass is 287 g/mol. The molecule has 0 bridgehead atoms. The second kappa shape index (κ2) is 5.93. The highest BCUT2D eigenvalue weighted by atomic mass is 16.7. The van der Waals surface area contributed by atoms with Crippen LogP contribution in [0.4, 0.5) is 0 Å². The summed E-state index contributed by atoms with van der Waals surface area (Å²) in [6.45, 7) is 1.15. The van der Waals surface area contributed by atoms with E-state index in [1.165, 1.54) is 0 Å². The van der Waals surface area contributed by atoms with E-state index in [1.807, 2.05) is 36.4 Å². The van der Waals surface area contributed by atoms with Crippen LogP contribution in [0.25, 0.3) is 0 Å². The Labute approximate surface area is 123 Å². The van der Waals surface area contributed by atoms with E-state index in [4.69, 9.17) is 24.7 Å². The van der Waals surface area contributed by atoms with E-state index in [9.17, 15) is 0 Å². The molecule has 1 aliphatic heterocycles. The molecule has 0 atom stereocenters. The molecular weight excluding hydrogens is 270 g/mol. The molecular formula is C16H17NO4. The fourth-order valence-corrected chi connectivity index (χ4v) is 2.21. The Balaban J connectivity index is 1.70. The van der Waals surface area contributed by atoms with Gasteiger partial charge in [-0.1, -0.05) is 6.07 Å². The van der Waals surface area contributed by atoms with Crippen LogP contribution in [0, 0.1) is 0 Å². The van der Waals surface area contributed by atoms with Crippen LogP contribution >= 0.6 is 0 Å². The van der Waals surface area contributed by atoms with Crippen molar-refractivity contribution in [2.75, 3.05) is 13.9 Å². The van der Waals surface area contributed by atoms with Crippen LogP contribution in [0.15, 0.2) is 36.4 Å². The van der Waals surface area contributed by atoms with Gasteiger partial charge in [0.15, 0.2) is 11.5 Å². The second-order valence-electron chi connectivity index (χ2n) is 4.65. The highest BCUT2D eigenvalue weighted by Gasteiger charge is 2.13. The van der Waals surface area contributed by atoms with Crippen molar-refractivity contribution in [3.05, 3.63) is 47.5 Å². The summed E-state index contributed by atoms with van der Waals surface area (Å²) < 4.78 is 21.6. The van der Waals surface area contributed by atoms with Gasteiger partial charge in [-0.2, -0.15) is 0 Å². The smallest absolute Gasteiger partial charge is 0.231 e. The summed E-state index contributed by atoms with van der Waals surface area (Å²) in [6, 6.07) is 11.4. The molecule has 5 nitrogen and oxygen atoms in total. The van der Waals surface area contributed by atoms with Crippen molar-refractivity contribution in [3.63, 3.8) is 0 Å². The van der Waals surface area contributed by atoms with Crippen LogP contribution in [0.2, 0.25) is 0 Å². The van der Waals surface area contributed by atoms with Crippen molar-refractivity contribution in [1.82, 2.24) is 0 Å². The van der Waals surface area contributed by atoms with Crippen molar-refractivity contribution in [2.45, 2.75) is 13.2 Å². The molecule has 1 aliphatic rings. The Bertz CT molecular complexity index is 642. The fraction of sp³-hybridized carbons (Fsp3) is 0.250. The number of rotatable bonds is 5. The number of nitrogens with two attached hydrogens (primary N) is 1. The summed E-state index contributed by atoms with van der Waals surface area (Å²) >= 11 is 0. The highest BCUT2D eigenvalue weighted by molar-refractivity contribution is 5.47. The number of methoxy groups -OCH3 is 1. The predicted molar refractivity (Wildman–Crippen MR) is 77.8 cm³/mol. The summed E-state index contributed by atoms with van der Waals surface area (Å²) in [5.74, 6) is 3.00. The maximum absolute atomic E-state index is 5.77. The average Bonchev–Trinajstić information content (AvgIpc) is 3.00. The Morgan fingerprint density at radius 1 is 1.10 bits per heavy atom. The number of ether oxygens (including phenoxy) is 4. The van der Waals surface area contributed by atoms with Gasteiger partial charge < -0.3 is 24.7 Å². The second-order valence-corrected chi connectivity index (χ2v) is 4.65. The van der Waals surface area contributed by atoms with Crippen molar-refractivity contribution < 1.29 is 18.9 Å². The fourth-order valence-electron chi connectivity index (χ4n) is 2.21. The van der Waals surface area contributed by atoms with Gasteiger partial charge in [0.25, 0.3) is 0 Å². The predicted octanol–water partition coefficient (Wildman–Crippen LogP) is 2.46. The van der Waals surface area contributed by atoms with Gasteiger partial charge in [-0.25, -0.2) is 0 Å². The molecule has 0 unspecified atom stereocenters. The van der Waals surface area contributed by atoms with Crippen LogP contribution in [-0.4, -0.2) is 13.9 Å². The lowest BCUT2D eigenvalue weighted by molar-refractivity contribution is 0.173. The van der Waals surface area contributed by atoms with Gasteiger partial charge in [-0.3, -0.25) is 0 Å². The van der Waals surface area contributed by atoms with Crippen molar-refractivity contribution in [3.8, 4) is 23.0 Å². The number of hydrogen-bond donors (Lipinski definition) is 1. The quantitative estimate of drug-likeness (QED) is 0.915. The molecule has 1 heterocycles. The van der Waals surface area contributed by atoms with Crippen molar-refractivity contribution in [2.24, 2.45) is 5.73 Å². The SMILES string of the molecule is COc1ccc(COc2ccc3c(c2)OCO3)cc1CN. The van der Waals surface area contributed by atoms with Gasteiger partial charge in [-0.05, 0) is 29.8 Å². The maximum Gasteiger partial charge on any atom is 0.231 e. The lowest BCUT2D eigenvalue weighted by Gasteiger charge is -2.11. The average molecular weight is 287 g/mol. The van der Waals surface area contributed by atoms with Gasteiger partial charge in [0.2, 0.25) is 6.79 Å². The molecule has 2 N–H and O–H groups in total. The van der Waals surface area contributed by atoms with E-state index in [0.29, 0.717) is 18.9 Å². The van der Waals surface area contributed by atoms with Gasteiger partial charge in [0.05, 0.1) is 7.11 Å². The minimum absolute atomic E-state index is 0.261. The first kappa shape index (κ1) is 13.6. The zero-order valence-corrected chi connectivity index (χ0v) is 11.8. The highest BCUT2D eigenvalue weighted by Crippen LogP contribution is 2.35. The molecule has 2 aromatic carbocycles. The topological polar surface area (TPSA) is 62.9 Å². The lowest BCUT2D eigenvalue weighted by Crippen LogP contribution is -2.02. The van der Waals surface area contributed by atoms with Crippen molar-refractivity contribution >= 4 is 0 Å². The van der Waals surface area contributed by atoms with Gasteiger partial charge in [0.1, 0.15) is 18.1 Å². The molecule has 0 saturated carbocycles. The lowest BCUT2D eigenvalue weighted by atomic mass is 10.1. The summed E-state index contributed by atoms with van der Waals surface area (Å²) in [7, 11) is 1.64. The molecule has 0 aromatic heterocycles. The molecule has 0 aliphatic carbocycles. The molecule has 3 rings (SSSR count). The number of benzene rings is 2. The van der Waals surface area contributed by atoms with Crippen LogP contribution < -0.4 is 24.7 Å². The zero-order chi connectivity index (χ0) is 14.7. The first-order valence-electron chi connectivity index (χ1n) is 6.68. The normalized spacial score (nSPS) is 12.3. The number of hydrogen-bond acceptors (Lipinski definition) is 5.